The Morgan fingerprint density at radius 2 is 2.17 bits per heavy atom. The lowest BCUT2D eigenvalue weighted by molar-refractivity contribution is 0.705. The van der Waals surface area contributed by atoms with Gasteiger partial charge in [-0.25, -0.2) is 0 Å². The largest absolute Gasteiger partial charge is 0.256 e. The van der Waals surface area contributed by atoms with Gasteiger partial charge in [0.25, 0.3) is 0 Å². The van der Waals surface area contributed by atoms with Gasteiger partial charge >= 0.3 is 0 Å². The fourth-order valence-electron chi connectivity index (χ4n) is 0.0976. The van der Waals surface area contributed by atoms with Gasteiger partial charge in [-0.05, 0) is 14.1 Å². The summed E-state index contributed by atoms with van der Waals surface area (Å²) in [5.74, 6) is 0. The summed E-state index contributed by atoms with van der Waals surface area (Å²) in [6.07, 6.45) is 0. The van der Waals surface area contributed by atoms with Gasteiger partial charge in [-0.2, -0.15) is 0 Å². The molecule has 0 saturated carbocycles. The molecule has 1 nitrogen and oxygen atoms in total. The number of nitrogens with zero attached hydrogens (tertiary/aromatic N) is 1. The topological polar surface area (TPSA) is 3.24 Å². The van der Waals surface area contributed by atoms with Gasteiger partial charge in [0, 0.05) is 0 Å². The average molecular weight is 126 g/mol. The summed E-state index contributed by atoms with van der Waals surface area (Å²) >= 11 is 6.90. The van der Waals surface area contributed by atoms with Gasteiger partial charge in [-0.1, -0.05) is 11.9 Å². The average Bonchev–Trinajstić information content (AvgIpc) is 1.35. The predicted molar refractivity (Wildman–Crippen MR) is 32.0 cm³/mol. The summed E-state index contributed by atoms with van der Waals surface area (Å²) in [4.78, 5) is 0. The highest BCUT2D eigenvalue weighted by atomic mass is 35.5. The molecule has 0 aromatic rings. The monoisotopic (exact) mass is 125 g/mol. The van der Waals surface area contributed by atoms with Crippen LogP contribution >= 0.6 is 23.5 Å². The summed E-state index contributed by atoms with van der Waals surface area (Å²) in [6.45, 7) is 0. The zero-order chi connectivity index (χ0) is 4.99. The van der Waals surface area contributed by atoms with Crippen LogP contribution < -0.4 is 0 Å². The molecule has 3 heteroatoms. The molecule has 6 heavy (non-hydrogen) atoms. The quantitative estimate of drug-likeness (QED) is 0.406. The summed E-state index contributed by atoms with van der Waals surface area (Å²) < 4.78 is 1.97. The molecule has 0 fully saturated rings. The molecule has 0 aliphatic heterocycles. The van der Waals surface area contributed by atoms with E-state index in [1.54, 1.807) is 11.9 Å². The van der Waals surface area contributed by atoms with Crippen molar-refractivity contribution in [3.8, 4) is 0 Å². The van der Waals surface area contributed by atoms with Gasteiger partial charge in [-0.15, -0.1) is 11.6 Å². The van der Waals surface area contributed by atoms with Gasteiger partial charge in [0.15, 0.2) is 0 Å². The minimum Gasteiger partial charge on any atom is -0.256 e. The summed E-state index contributed by atoms with van der Waals surface area (Å²) in [5.41, 5.74) is 0. The van der Waals surface area contributed by atoms with Crippen molar-refractivity contribution < 1.29 is 0 Å². The van der Waals surface area contributed by atoms with E-state index >= 15 is 0 Å². The first-order valence-electron chi connectivity index (χ1n) is 1.63. The zero-order valence-corrected chi connectivity index (χ0v) is 5.51. The molecule has 0 rings (SSSR count). The fourth-order valence-corrected chi connectivity index (χ4v) is 0.878. The lowest BCUT2D eigenvalue weighted by atomic mass is 11.3. The second-order valence-corrected chi connectivity index (χ2v) is 2.91. The molecule has 0 saturated heterocycles. The van der Waals surface area contributed by atoms with E-state index in [9.17, 15) is 0 Å². The van der Waals surface area contributed by atoms with Crippen LogP contribution in [-0.4, -0.2) is 23.6 Å². The maximum absolute atomic E-state index is 5.32. The Balaban J connectivity index is 2.63. The molecule has 38 valence electrons. The predicted octanol–water partition coefficient (Wildman–Crippen LogP) is 1.39. The molecule has 0 aromatic heterocycles. The van der Waals surface area contributed by atoms with E-state index in [1.807, 2.05) is 18.4 Å². The maximum Gasteiger partial charge on any atom is 0.0827 e. The van der Waals surface area contributed by atoms with Gasteiger partial charge in [-0.3, -0.25) is 4.31 Å². The first-order valence-corrected chi connectivity index (χ1v) is 3.11. The maximum atomic E-state index is 5.32. The first-order chi connectivity index (χ1) is 2.77. The van der Waals surface area contributed by atoms with Crippen molar-refractivity contribution in [3.63, 3.8) is 0 Å². The van der Waals surface area contributed by atoms with E-state index in [-0.39, 0.29) is 0 Å². The van der Waals surface area contributed by atoms with Crippen molar-refractivity contribution in [2.75, 3.05) is 19.3 Å². The number of hydrogen-bond acceptors (Lipinski definition) is 2. The van der Waals surface area contributed by atoms with Crippen molar-refractivity contribution in [1.29, 1.82) is 0 Å². The molecule has 0 aliphatic carbocycles. The van der Waals surface area contributed by atoms with Crippen molar-refractivity contribution in [1.82, 2.24) is 4.31 Å². The lowest BCUT2D eigenvalue weighted by Crippen LogP contribution is -1.97. The van der Waals surface area contributed by atoms with Crippen LogP contribution in [0.25, 0.3) is 0 Å². The summed E-state index contributed by atoms with van der Waals surface area (Å²) in [5, 5.41) is 0.646. The Morgan fingerprint density at radius 3 is 2.17 bits per heavy atom. The minimum absolute atomic E-state index is 0.646. The lowest BCUT2D eigenvalue weighted by Gasteiger charge is -2.01. The van der Waals surface area contributed by atoms with Crippen LogP contribution in [-0.2, 0) is 0 Å². The Kier molecular flexibility index (Phi) is 4.16. The highest BCUT2D eigenvalue weighted by Gasteiger charge is 1.81. The summed E-state index contributed by atoms with van der Waals surface area (Å²) in [7, 11) is 3.93. The Hall–Kier alpha value is 0.600. The molecule has 0 spiro atoms. The normalized spacial score (nSPS) is 10.0. The van der Waals surface area contributed by atoms with Crippen molar-refractivity contribution in [2.24, 2.45) is 0 Å². The third kappa shape index (κ3) is 4.60. The van der Waals surface area contributed by atoms with Gasteiger partial charge < -0.3 is 0 Å². The molecule has 0 heterocycles. The molecule has 0 radical (unpaired) electrons. The van der Waals surface area contributed by atoms with Crippen LogP contribution in [0.15, 0.2) is 0 Å². The van der Waals surface area contributed by atoms with Gasteiger partial charge in [0.05, 0.1) is 5.21 Å². The van der Waals surface area contributed by atoms with Crippen LogP contribution in [0.5, 0.6) is 0 Å². The third-order valence-corrected chi connectivity index (χ3v) is 1.21. The molecule has 0 bridgehead atoms. The van der Waals surface area contributed by atoms with Crippen LogP contribution in [0.3, 0.4) is 0 Å². The van der Waals surface area contributed by atoms with Crippen LogP contribution in [0.1, 0.15) is 0 Å². The number of alkyl halides is 1. The van der Waals surface area contributed by atoms with Crippen LogP contribution in [0.4, 0.5) is 0 Å². The van der Waals surface area contributed by atoms with Gasteiger partial charge in [0.2, 0.25) is 0 Å². The Bertz CT molecular complexity index is 32.0. The summed E-state index contributed by atoms with van der Waals surface area (Å²) in [6, 6.07) is 0. The van der Waals surface area contributed by atoms with Crippen molar-refractivity contribution >= 4 is 23.5 Å². The second kappa shape index (κ2) is 3.78. The SMILES string of the molecule is CN(C)SCCl. The van der Waals surface area contributed by atoms with E-state index < -0.39 is 0 Å². The zero-order valence-electron chi connectivity index (χ0n) is 3.94. The third-order valence-electron chi connectivity index (χ3n) is 0.307. The molecule has 0 atom stereocenters. The fraction of sp³-hybridized carbons (Fsp3) is 1.00. The number of hydrogen-bond donors (Lipinski definition) is 0. The Morgan fingerprint density at radius 1 is 1.67 bits per heavy atom. The van der Waals surface area contributed by atoms with Crippen LogP contribution in [0, 0.1) is 0 Å². The van der Waals surface area contributed by atoms with Crippen molar-refractivity contribution in [3.05, 3.63) is 0 Å². The van der Waals surface area contributed by atoms with Gasteiger partial charge in [0.1, 0.15) is 0 Å². The first kappa shape index (κ1) is 6.60. The molecule has 0 aliphatic rings. The standard InChI is InChI=1S/C3H8ClNS/c1-5(2)6-3-4/h3H2,1-2H3. The number of halogens is 1. The molecule has 0 aromatic carbocycles. The van der Waals surface area contributed by atoms with E-state index in [0.717, 1.165) is 0 Å². The second-order valence-electron chi connectivity index (χ2n) is 1.05. The molecule has 0 N–H and O–H groups in total. The van der Waals surface area contributed by atoms with Crippen LogP contribution in [0.2, 0.25) is 0 Å². The Labute approximate surface area is 47.8 Å². The highest BCUT2D eigenvalue weighted by molar-refractivity contribution is 7.98. The van der Waals surface area contributed by atoms with E-state index in [4.69, 9.17) is 11.6 Å². The molecular formula is C3H8ClNS. The molecular weight excluding hydrogens is 118 g/mol. The van der Waals surface area contributed by atoms with E-state index in [0.29, 0.717) is 5.21 Å². The number of rotatable bonds is 2. The molecule has 0 unspecified atom stereocenters. The van der Waals surface area contributed by atoms with E-state index in [2.05, 4.69) is 0 Å². The van der Waals surface area contributed by atoms with E-state index in [1.165, 1.54) is 0 Å². The smallest absolute Gasteiger partial charge is 0.0827 e. The minimum atomic E-state index is 0.646. The molecule has 0 amide bonds. The van der Waals surface area contributed by atoms with Crippen molar-refractivity contribution in [2.45, 2.75) is 0 Å². The highest BCUT2D eigenvalue weighted by Crippen LogP contribution is 2.02.